The van der Waals surface area contributed by atoms with Gasteiger partial charge in [0.25, 0.3) is 0 Å². The predicted octanol–water partition coefficient (Wildman–Crippen LogP) is 4.22. The molecular formula is C14H17BrO2. The quantitative estimate of drug-likeness (QED) is 0.781. The Morgan fingerprint density at radius 3 is 2.65 bits per heavy atom. The second-order valence-corrected chi connectivity index (χ2v) is 5.66. The topological polar surface area (TPSA) is 26.3 Å². The van der Waals surface area contributed by atoms with Crippen molar-refractivity contribution in [1.82, 2.24) is 0 Å². The van der Waals surface area contributed by atoms with E-state index in [-0.39, 0.29) is 0 Å². The Kier molecular flexibility index (Phi) is 4.21. The third-order valence-electron chi connectivity index (χ3n) is 3.36. The van der Waals surface area contributed by atoms with Crippen molar-refractivity contribution in [2.75, 3.05) is 0 Å². The Bertz CT molecular complexity index is 395. The van der Waals surface area contributed by atoms with Crippen molar-refractivity contribution >= 4 is 22.2 Å². The average molecular weight is 297 g/mol. The number of hydrogen-bond donors (Lipinski definition) is 0. The monoisotopic (exact) mass is 296 g/mol. The number of benzene rings is 1. The van der Waals surface area contributed by atoms with Gasteiger partial charge in [-0.2, -0.15) is 0 Å². The highest BCUT2D eigenvalue weighted by Gasteiger charge is 2.19. The lowest BCUT2D eigenvalue weighted by Crippen LogP contribution is -2.23. The van der Waals surface area contributed by atoms with Crippen LogP contribution >= 0.6 is 15.9 Å². The van der Waals surface area contributed by atoms with Gasteiger partial charge >= 0.3 is 0 Å². The zero-order chi connectivity index (χ0) is 12.3. The molecule has 0 amide bonds. The van der Waals surface area contributed by atoms with Gasteiger partial charge in [-0.15, -0.1) is 0 Å². The maximum atomic E-state index is 10.8. The van der Waals surface area contributed by atoms with Crippen molar-refractivity contribution in [3.8, 4) is 5.75 Å². The fourth-order valence-electron chi connectivity index (χ4n) is 2.23. The van der Waals surface area contributed by atoms with Crippen molar-refractivity contribution in [1.29, 1.82) is 0 Å². The molecule has 1 aliphatic rings. The molecule has 0 spiro atoms. The Morgan fingerprint density at radius 1 is 1.29 bits per heavy atom. The Morgan fingerprint density at radius 2 is 2.00 bits per heavy atom. The first-order chi connectivity index (χ1) is 8.19. The summed E-state index contributed by atoms with van der Waals surface area (Å²) < 4.78 is 6.74. The number of halogens is 1. The van der Waals surface area contributed by atoms with E-state index in [2.05, 4.69) is 22.9 Å². The van der Waals surface area contributed by atoms with Crippen LogP contribution in [0.3, 0.4) is 0 Å². The molecule has 0 radical (unpaired) electrons. The molecule has 0 atom stereocenters. The second-order valence-electron chi connectivity index (χ2n) is 4.80. The summed E-state index contributed by atoms with van der Waals surface area (Å²) in [5.74, 6) is 1.63. The van der Waals surface area contributed by atoms with Gasteiger partial charge < -0.3 is 4.74 Å². The third-order valence-corrected chi connectivity index (χ3v) is 4.08. The molecule has 1 aliphatic carbocycles. The minimum absolute atomic E-state index is 0.312. The number of carbonyl (C=O) groups excluding carboxylic acids is 1. The van der Waals surface area contributed by atoms with Crippen molar-refractivity contribution < 1.29 is 9.53 Å². The molecule has 0 aromatic heterocycles. The molecule has 1 saturated carbocycles. The van der Waals surface area contributed by atoms with Gasteiger partial charge in [-0.05, 0) is 49.8 Å². The summed E-state index contributed by atoms with van der Waals surface area (Å²) in [7, 11) is 0. The molecule has 2 nitrogen and oxygen atoms in total. The van der Waals surface area contributed by atoms with Crippen LogP contribution < -0.4 is 4.74 Å². The number of ether oxygens (including phenoxy) is 1. The molecule has 92 valence electrons. The number of carbonyl (C=O) groups is 1. The summed E-state index contributed by atoms with van der Waals surface area (Å²) in [5.41, 5.74) is 0.645. The van der Waals surface area contributed by atoms with E-state index in [9.17, 15) is 4.79 Å². The average Bonchev–Trinajstić information content (AvgIpc) is 2.34. The van der Waals surface area contributed by atoms with Crippen molar-refractivity contribution in [2.24, 2.45) is 5.92 Å². The normalized spacial score (nSPS) is 24.4. The van der Waals surface area contributed by atoms with Gasteiger partial charge in [0.1, 0.15) is 5.75 Å². The van der Waals surface area contributed by atoms with Crippen LogP contribution in [-0.4, -0.2) is 12.4 Å². The summed E-state index contributed by atoms with van der Waals surface area (Å²) in [6.07, 6.45) is 5.87. The van der Waals surface area contributed by atoms with Crippen LogP contribution in [0.15, 0.2) is 22.7 Å². The Hall–Kier alpha value is -0.830. The van der Waals surface area contributed by atoms with E-state index < -0.39 is 0 Å². The van der Waals surface area contributed by atoms with E-state index in [1.807, 2.05) is 12.1 Å². The maximum Gasteiger partial charge on any atom is 0.151 e. The molecule has 3 heteroatoms. The molecule has 0 saturated heterocycles. The molecule has 0 aliphatic heterocycles. The summed E-state index contributed by atoms with van der Waals surface area (Å²) in [6, 6.07) is 5.58. The van der Waals surface area contributed by atoms with Crippen LogP contribution in [0.5, 0.6) is 5.75 Å². The molecule has 2 rings (SSSR count). The van der Waals surface area contributed by atoms with Crippen LogP contribution in [0.25, 0.3) is 0 Å². The van der Waals surface area contributed by atoms with E-state index in [1.54, 1.807) is 6.07 Å². The first-order valence-electron chi connectivity index (χ1n) is 6.10. The standard InChI is InChI=1S/C14H17BrO2/c1-10-2-4-12(5-3-10)17-13-6-7-14(15)11(8-13)9-16/h6-10,12H,2-5H2,1H3. The van der Waals surface area contributed by atoms with Gasteiger partial charge in [0, 0.05) is 10.0 Å². The Labute approximate surface area is 110 Å². The lowest BCUT2D eigenvalue weighted by Gasteiger charge is -2.27. The molecule has 1 aromatic carbocycles. The summed E-state index contributed by atoms with van der Waals surface area (Å²) in [5, 5.41) is 0. The smallest absolute Gasteiger partial charge is 0.151 e. The molecular weight excluding hydrogens is 280 g/mol. The molecule has 0 heterocycles. The summed E-state index contributed by atoms with van der Waals surface area (Å²) >= 11 is 3.34. The van der Waals surface area contributed by atoms with E-state index in [0.717, 1.165) is 35.3 Å². The molecule has 0 unspecified atom stereocenters. The van der Waals surface area contributed by atoms with Gasteiger partial charge in [0.15, 0.2) is 6.29 Å². The fraction of sp³-hybridized carbons (Fsp3) is 0.500. The van der Waals surface area contributed by atoms with Crippen molar-refractivity contribution in [3.05, 3.63) is 28.2 Å². The van der Waals surface area contributed by atoms with E-state index in [4.69, 9.17) is 4.74 Å². The SMILES string of the molecule is CC1CCC(Oc2ccc(Br)c(C=O)c2)CC1. The van der Waals surface area contributed by atoms with E-state index >= 15 is 0 Å². The molecule has 0 N–H and O–H groups in total. The fourth-order valence-corrected chi connectivity index (χ4v) is 2.57. The van der Waals surface area contributed by atoms with Crippen LogP contribution in [-0.2, 0) is 0 Å². The molecule has 17 heavy (non-hydrogen) atoms. The Balaban J connectivity index is 2.01. The number of aldehydes is 1. The number of hydrogen-bond acceptors (Lipinski definition) is 2. The van der Waals surface area contributed by atoms with Crippen LogP contribution in [0.4, 0.5) is 0 Å². The molecule has 1 aromatic rings. The van der Waals surface area contributed by atoms with Crippen LogP contribution in [0, 0.1) is 5.92 Å². The molecule has 1 fully saturated rings. The van der Waals surface area contributed by atoms with Gasteiger partial charge in [-0.3, -0.25) is 4.79 Å². The predicted molar refractivity (Wildman–Crippen MR) is 71.6 cm³/mol. The lowest BCUT2D eigenvalue weighted by molar-refractivity contribution is 0.112. The second kappa shape index (κ2) is 5.67. The summed E-state index contributed by atoms with van der Waals surface area (Å²) in [4.78, 5) is 10.8. The van der Waals surface area contributed by atoms with E-state index in [0.29, 0.717) is 11.7 Å². The van der Waals surface area contributed by atoms with E-state index in [1.165, 1.54) is 12.8 Å². The van der Waals surface area contributed by atoms with Crippen LogP contribution in [0.2, 0.25) is 0 Å². The minimum Gasteiger partial charge on any atom is -0.490 e. The first kappa shape index (κ1) is 12.6. The van der Waals surface area contributed by atoms with Crippen LogP contribution in [0.1, 0.15) is 43.0 Å². The highest BCUT2D eigenvalue weighted by Crippen LogP contribution is 2.28. The highest BCUT2D eigenvalue weighted by atomic mass is 79.9. The van der Waals surface area contributed by atoms with Gasteiger partial charge in [-0.25, -0.2) is 0 Å². The zero-order valence-corrected chi connectivity index (χ0v) is 11.6. The van der Waals surface area contributed by atoms with Gasteiger partial charge in [0.2, 0.25) is 0 Å². The minimum atomic E-state index is 0.312. The van der Waals surface area contributed by atoms with Crippen molar-refractivity contribution in [3.63, 3.8) is 0 Å². The number of rotatable bonds is 3. The largest absolute Gasteiger partial charge is 0.490 e. The van der Waals surface area contributed by atoms with Gasteiger partial charge in [0.05, 0.1) is 6.10 Å². The van der Waals surface area contributed by atoms with Crippen molar-refractivity contribution in [2.45, 2.75) is 38.7 Å². The maximum absolute atomic E-state index is 10.8. The summed E-state index contributed by atoms with van der Waals surface area (Å²) in [6.45, 7) is 2.29. The molecule has 0 bridgehead atoms. The lowest BCUT2D eigenvalue weighted by atomic mass is 9.89. The third kappa shape index (κ3) is 3.32. The first-order valence-corrected chi connectivity index (χ1v) is 6.89. The highest BCUT2D eigenvalue weighted by molar-refractivity contribution is 9.10. The zero-order valence-electron chi connectivity index (χ0n) is 9.99. The van der Waals surface area contributed by atoms with Gasteiger partial charge in [-0.1, -0.05) is 22.9 Å².